The fraction of sp³-hybridized carbons (Fsp3) is 0.250. The van der Waals surface area contributed by atoms with Gasteiger partial charge in [0.25, 0.3) is 0 Å². The molecule has 1 heterocycles. The Balaban J connectivity index is 2.15. The molecule has 130 valence electrons. The number of halogens is 1. The van der Waals surface area contributed by atoms with Crippen molar-refractivity contribution in [2.24, 2.45) is 0 Å². The maximum atomic E-state index is 14.5. The van der Waals surface area contributed by atoms with E-state index in [1.165, 1.54) is 0 Å². The number of nitrogens with zero attached hydrogens (tertiary/aromatic N) is 1. The standard InChI is InChI=1S/C20H20FNO3/c1-12(2)25-14-7-5-13(6-8-14)18-19(24-4)17-11-15(23-3)9-10-16(17)20(21)22-18/h5-12H,1-4H3. The van der Waals surface area contributed by atoms with Crippen LogP contribution in [-0.2, 0) is 0 Å². The van der Waals surface area contributed by atoms with E-state index in [1.54, 1.807) is 32.4 Å². The van der Waals surface area contributed by atoms with E-state index >= 15 is 0 Å². The molecular weight excluding hydrogens is 321 g/mol. The summed E-state index contributed by atoms with van der Waals surface area (Å²) in [7, 11) is 3.12. The van der Waals surface area contributed by atoms with Crippen LogP contribution >= 0.6 is 0 Å². The number of aromatic nitrogens is 1. The van der Waals surface area contributed by atoms with Crippen LogP contribution in [-0.4, -0.2) is 25.3 Å². The molecular formula is C20H20FNO3. The van der Waals surface area contributed by atoms with Gasteiger partial charge in [0.15, 0.2) is 5.75 Å². The van der Waals surface area contributed by atoms with E-state index in [0.29, 0.717) is 28.0 Å². The summed E-state index contributed by atoms with van der Waals surface area (Å²) in [4.78, 5) is 4.12. The van der Waals surface area contributed by atoms with Crippen molar-refractivity contribution in [2.75, 3.05) is 14.2 Å². The fourth-order valence-corrected chi connectivity index (χ4v) is 2.72. The number of rotatable bonds is 5. The minimum Gasteiger partial charge on any atom is -0.497 e. The summed E-state index contributed by atoms with van der Waals surface area (Å²) in [5.74, 6) is 1.34. The first-order chi connectivity index (χ1) is 12.0. The van der Waals surface area contributed by atoms with Gasteiger partial charge in [-0.1, -0.05) is 0 Å². The minimum atomic E-state index is -0.545. The molecule has 0 aliphatic rings. The first-order valence-corrected chi connectivity index (χ1v) is 8.01. The lowest BCUT2D eigenvalue weighted by Crippen LogP contribution is -2.05. The minimum absolute atomic E-state index is 0.0871. The molecule has 0 radical (unpaired) electrons. The van der Waals surface area contributed by atoms with Crippen LogP contribution in [0.25, 0.3) is 22.0 Å². The molecule has 0 amide bonds. The molecule has 0 saturated heterocycles. The van der Waals surface area contributed by atoms with Crippen molar-refractivity contribution in [3.8, 4) is 28.5 Å². The van der Waals surface area contributed by atoms with Crippen LogP contribution in [0, 0.1) is 5.95 Å². The van der Waals surface area contributed by atoms with Crippen molar-refractivity contribution in [1.82, 2.24) is 4.98 Å². The first kappa shape index (κ1) is 17.0. The molecule has 0 spiro atoms. The van der Waals surface area contributed by atoms with Crippen molar-refractivity contribution < 1.29 is 18.6 Å². The van der Waals surface area contributed by atoms with Gasteiger partial charge >= 0.3 is 0 Å². The Hall–Kier alpha value is -2.82. The third kappa shape index (κ3) is 3.36. The van der Waals surface area contributed by atoms with Gasteiger partial charge in [0.2, 0.25) is 5.95 Å². The zero-order valence-electron chi connectivity index (χ0n) is 14.7. The Bertz CT molecular complexity index is 892. The monoisotopic (exact) mass is 341 g/mol. The number of pyridine rings is 1. The van der Waals surface area contributed by atoms with Gasteiger partial charge in [0, 0.05) is 16.3 Å². The molecule has 0 bridgehead atoms. The van der Waals surface area contributed by atoms with Gasteiger partial charge in [0.05, 0.1) is 20.3 Å². The Morgan fingerprint density at radius 3 is 2.16 bits per heavy atom. The topological polar surface area (TPSA) is 40.6 Å². The molecule has 4 nitrogen and oxygen atoms in total. The molecule has 25 heavy (non-hydrogen) atoms. The van der Waals surface area contributed by atoms with E-state index in [-0.39, 0.29) is 6.10 Å². The highest BCUT2D eigenvalue weighted by Crippen LogP contribution is 2.38. The SMILES string of the molecule is COc1ccc2c(F)nc(-c3ccc(OC(C)C)cc3)c(OC)c2c1. The summed E-state index contributed by atoms with van der Waals surface area (Å²) in [5.41, 5.74) is 1.19. The summed E-state index contributed by atoms with van der Waals surface area (Å²) < 4.78 is 30.9. The molecule has 3 aromatic rings. The number of hydrogen-bond acceptors (Lipinski definition) is 4. The molecule has 0 aliphatic heterocycles. The molecule has 2 aromatic carbocycles. The molecule has 0 fully saturated rings. The summed E-state index contributed by atoms with van der Waals surface area (Å²) >= 11 is 0. The molecule has 5 heteroatoms. The van der Waals surface area contributed by atoms with Crippen LogP contribution in [0.1, 0.15) is 13.8 Å². The second kappa shape index (κ2) is 6.97. The molecule has 0 N–H and O–H groups in total. The number of ether oxygens (including phenoxy) is 3. The second-order valence-corrected chi connectivity index (χ2v) is 5.89. The van der Waals surface area contributed by atoms with E-state index in [4.69, 9.17) is 14.2 Å². The van der Waals surface area contributed by atoms with E-state index in [1.807, 2.05) is 38.1 Å². The average Bonchev–Trinajstić information content (AvgIpc) is 2.61. The van der Waals surface area contributed by atoms with Crippen LogP contribution in [0.2, 0.25) is 0 Å². The Morgan fingerprint density at radius 2 is 1.56 bits per heavy atom. The van der Waals surface area contributed by atoms with Gasteiger partial charge in [0.1, 0.15) is 17.2 Å². The lowest BCUT2D eigenvalue weighted by Gasteiger charge is -2.14. The highest BCUT2D eigenvalue weighted by atomic mass is 19.1. The largest absolute Gasteiger partial charge is 0.497 e. The van der Waals surface area contributed by atoms with Crippen LogP contribution in [0.4, 0.5) is 4.39 Å². The van der Waals surface area contributed by atoms with E-state index in [2.05, 4.69) is 4.98 Å². The fourth-order valence-electron chi connectivity index (χ4n) is 2.72. The zero-order chi connectivity index (χ0) is 18.0. The molecule has 1 aromatic heterocycles. The molecule has 0 atom stereocenters. The predicted octanol–water partition coefficient (Wildman–Crippen LogP) is 4.85. The van der Waals surface area contributed by atoms with Crippen molar-refractivity contribution in [3.05, 3.63) is 48.4 Å². The highest BCUT2D eigenvalue weighted by Gasteiger charge is 2.17. The van der Waals surface area contributed by atoms with Gasteiger partial charge in [-0.2, -0.15) is 4.39 Å². The van der Waals surface area contributed by atoms with E-state index in [0.717, 1.165) is 11.3 Å². The van der Waals surface area contributed by atoms with Crippen LogP contribution in [0.15, 0.2) is 42.5 Å². The zero-order valence-corrected chi connectivity index (χ0v) is 14.7. The normalized spacial score (nSPS) is 11.0. The number of methoxy groups -OCH3 is 2. The highest BCUT2D eigenvalue weighted by molar-refractivity contribution is 5.94. The predicted molar refractivity (Wildman–Crippen MR) is 96.0 cm³/mol. The molecule has 3 rings (SSSR count). The van der Waals surface area contributed by atoms with Crippen LogP contribution in [0.3, 0.4) is 0 Å². The van der Waals surface area contributed by atoms with Crippen molar-refractivity contribution in [3.63, 3.8) is 0 Å². The van der Waals surface area contributed by atoms with Crippen LogP contribution < -0.4 is 14.2 Å². The number of hydrogen-bond donors (Lipinski definition) is 0. The second-order valence-electron chi connectivity index (χ2n) is 5.89. The third-order valence-corrected chi connectivity index (χ3v) is 3.82. The average molecular weight is 341 g/mol. The summed E-state index contributed by atoms with van der Waals surface area (Å²) in [5, 5.41) is 1.01. The van der Waals surface area contributed by atoms with Gasteiger partial charge in [-0.3, -0.25) is 0 Å². The summed E-state index contributed by atoms with van der Waals surface area (Å²) in [6, 6.07) is 12.4. The van der Waals surface area contributed by atoms with Crippen LogP contribution in [0.5, 0.6) is 17.2 Å². The summed E-state index contributed by atoms with van der Waals surface area (Å²) in [6.45, 7) is 3.93. The maximum absolute atomic E-state index is 14.5. The van der Waals surface area contributed by atoms with Crippen molar-refractivity contribution in [1.29, 1.82) is 0 Å². The number of fused-ring (bicyclic) bond motifs is 1. The quantitative estimate of drug-likeness (QED) is 0.622. The van der Waals surface area contributed by atoms with Gasteiger partial charge in [-0.25, -0.2) is 4.98 Å². The first-order valence-electron chi connectivity index (χ1n) is 8.01. The van der Waals surface area contributed by atoms with Gasteiger partial charge in [-0.15, -0.1) is 0 Å². The number of benzene rings is 2. The van der Waals surface area contributed by atoms with Crippen molar-refractivity contribution in [2.45, 2.75) is 20.0 Å². The Morgan fingerprint density at radius 1 is 0.880 bits per heavy atom. The van der Waals surface area contributed by atoms with E-state index in [9.17, 15) is 4.39 Å². The van der Waals surface area contributed by atoms with Crippen molar-refractivity contribution >= 4 is 10.8 Å². The lowest BCUT2D eigenvalue weighted by atomic mass is 10.0. The summed E-state index contributed by atoms with van der Waals surface area (Å²) in [6.07, 6.45) is 0.0871. The lowest BCUT2D eigenvalue weighted by molar-refractivity contribution is 0.242. The molecule has 0 aliphatic carbocycles. The maximum Gasteiger partial charge on any atom is 0.221 e. The van der Waals surface area contributed by atoms with E-state index < -0.39 is 5.95 Å². The Labute approximate surface area is 146 Å². The molecule has 0 saturated carbocycles. The smallest absolute Gasteiger partial charge is 0.221 e. The Kier molecular flexibility index (Phi) is 4.74. The van der Waals surface area contributed by atoms with Gasteiger partial charge in [-0.05, 0) is 56.3 Å². The molecule has 0 unspecified atom stereocenters. The third-order valence-electron chi connectivity index (χ3n) is 3.82. The van der Waals surface area contributed by atoms with Gasteiger partial charge < -0.3 is 14.2 Å².